The number of hydrogen-bond acceptors (Lipinski definition) is 5. The molecule has 2 unspecified atom stereocenters. The van der Waals surface area contributed by atoms with Crippen LogP contribution in [0.3, 0.4) is 0 Å². The van der Waals surface area contributed by atoms with Crippen molar-refractivity contribution in [3.8, 4) is 0 Å². The van der Waals surface area contributed by atoms with Crippen molar-refractivity contribution in [2.75, 3.05) is 11.6 Å². The summed E-state index contributed by atoms with van der Waals surface area (Å²) >= 11 is 0. The molecule has 2 atom stereocenters. The molecule has 1 aliphatic carbocycles. The molecule has 3 heterocycles. The fraction of sp³-hybridized carbons (Fsp3) is 0.458. The lowest BCUT2D eigenvalue weighted by Gasteiger charge is -2.38. The molecule has 1 aromatic heterocycles. The number of fused-ring (bicyclic) bond motifs is 2. The third-order valence-corrected chi connectivity index (χ3v) is 6.76. The first-order valence-electron chi connectivity index (χ1n) is 11.9. The Labute approximate surface area is 196 Å². The van der Waals surface area contributed by atoms with Crippen molar-refractivity contribution >= 4 is 23.4 Å². The Hall–Kier alpha value is -3.69. The predicted molar refractivity (Wildman–Crippen MR) is 124 cm³/mol. The summed E-state index contributed by atoms with van der Waals surface area (Å²) in [7, 11) is 0. The number of aryl methyl sites for hydroxylation is 2. The number of rotatable bonds is 6. The van der Waals surface area contributed by atoms with Crippen molar-refractivity contribution in [1.82, 2.24) is 25.1 Å². The van der Waals surface area contributed by atoms with E-state index in [1.807, 2.05) is 12.2 Å². The number of anilines is 1. The zero-order chi connectivity index (χ0) is 23.7. The van der Waals surface area contributed by atoms with Gasteiger partial charge in [0, 0.05) is 31.6 Å². The summed E-state index contributed by atoms with van der Waals surface area (Å²) in [6.45, 7) is 1.54. The maximum absolute atomic E-state index is 13.0. The number of nitrogens with zero attached hydrogens (tertiary/aromatic N) is 4. The van der Waals surface area contributed by atoms with E-state index in [1.165, 1.54) is 9.69 Å². The Bertz CT molecular complexity index is 1210. The van der Waals surface area contributed by atoms with Crippen LogP contribution in [0.5, 0.6) is 0 Å². The summed E-state index contributed by atoms with van der Waals surface area (Å²) in [5, 5.41) is 8.52. The van der Waals surface area contributed by atoms with Gasteiger partial charge in [0.1, 0.15) is 5.82 Å². The SMILES string of the molecule is O=C(NCCCn1nc2n(c1=O)CCCC2)c1cccc(N2NC(=O)C3CC=CCC3C2=O)c1. The van der Waals surface area contributed by atoms with Crippen molar-refractivity contribution in [3.63, 3.8) is 0 Å². The highest BCUT2D eigenvalue weighted by molar-refractivity contribution is 6.05. The van der Waals surface area contributed by atoms with Crippen LogP contribution in [0.15, 0.2) is 41.2 Å². The average molecular weight is 465 g/mol. The second-order valence-electron chi connectivity index (χ2n) is 9.00. The fourth-order valence-corrected chi connectivity index (χ4v) is 4.90. The van der Waals surface area contributed by atoms with E-state index >= 15 is 0 Å². The highest BCUT2D eigenvalue weighted by Gasteiger charge is 2.42. The molecule has 0 saturated carbocycles. The van der Waals surface area contributed by atoms with Crippen LogP contribution in [0.2, 0.25) is 0 Å². The lowest BCUT2D eigenvalue weighted by molar-refractivity contribution is -0.139. The van der Waals surface area contributed by atoms with E-state index in [4.69, 9.17) is 0 Å². The fourth-order valence-electron chi connectivity index (χ4n) is 4.90. The first-order valence-corrected chi connectivity index (χ1v) is 11.9. The molecule has 1 aromatic carbocycles. The van der Waals surface area contributed by atoms with Crippen LogP contribution < -0.4 is 21.4 Å². The van der Waals surface area contributed by atoms with Gasteiger partial charge >= 0.3 is 5.69 Å². The van der Waals surface area contributed by atoms with Crippen LogP contribution >= 0.6 is 0 Å². The van der Waals surface area contributed by atoms with Gasteiger partial charge in [-0.05, 0) is 50.3 Å². The van der Waals surface area contributed by atoms with Gasteiger partial charge in [-0.15, -0.1) is 0 Å². The molecule has 0 spiro atoms. The second-order valence-corrected chi connectivity index (χ2v) is 9.00. The topological polar surface area (TPSA) is 118 Å². The predicted octanol–water partition coefficient (Wildman–Crippen LogP) is 1.16. The number of allylic oxidation sites excluding steroid dienone is 2. The normalized spacial score (nSPS) is 21.6. The zero-order valence-electron chi connectivity index (χ0n) is 18.9. The van der Waals surface area contributed by atoms with Gasteiger partial charge in [-0.2, -0.15) is 5.10 Å². The lowest BCUT2D eigenvalue weighted by atomic mass is 9.80. The van der Waals surface area contributed by atoms with Crippen molar-refractivity contribution in [2.45, 2.75) is 51.6 Å². The van der Waals surface area contributed by atoms with Gasteiger partial charge in [-0.25, -0.2) is 14.5 Å². The molecule has 10 nitrogen and oxygen atoms in total. The minimum Gasteiger partial charge on any atom is -0.352 e. The number of carbonyl (C=O) groups excluding carboxylic acids is 3. The van der Waals surface area contributed by atoms with E-state index < -0.39 is 0 Å². The second kappa shape index (κ2) is 9.28. The van der Waals surface area contributed by atoms with E-state index in [0.717, 1.165) is 31.6 Å². The Morgan fingerprint density at radius 3 is 2.76 bits per heavy atom. The summed E-state index contributed by atoms with van der Waals surface area (Å²) in [6, 6.07) is 6.64. The Morgan fingerprint density at radius 1 is 1.12 bits per heavy atom. The van der Waals surface area contributed by atoms with E-state index in [0.29, 0.717) is 43.6 Å². The van der Waals surface area contributed by atoms with E-state index in [2.05, 4.69) is 15.8 Å². The highest BCUT2D eigenvalue weighted by Crippen LogP contribution is 2.32. The number of benzene rings is 1. The molecule has 2 N–H and O–H groups in total. The molecule has 2 aromatic rings. The van der Waals surface area contributed by atoms with Gasteiger partial charge in [-0.3, -0.25) is 24.4 Å². The van der Waals surface area contributed by atoms with E-state index in [9.17, 15) is 19.2 Å². The molecule has 1 fully saturated rings. The molecule has 5 rings (SSSR count). The first-order chi connectivity index (χ1) is 16.5. The van der Waals surface area contributed by atoms with Crippen LogP contribution in [0.4, 0.5) is 5.69 Å². The first kappa shape index (κ1) is 22.1. The lowest BCUT2D eigenvalue weighted by Crippen LogP contribution is -2.59. The number of nitrogens with one attached hydrogen (secondary N) is 2. The summed E-state index contributed by atoms with van der Waals surface area (Å²) < 4.78 is 3.21. The van der Waals surface area contributed by atoms with E-state index in [1.54, 1.807) is 28.8 Å². The smallest absolute Gasteiger partial charge is 0.345 e. The van der Waals surface area contributed by atoms with Crippen molar-refractivity contribution in [1.29, 1.82) is 0 Å². The molecule has 178 valence electrons. The number of aromatic nitrogens is 3. The molecule has 1 saturated heterocycles. The molecule has 3 amide bonds. The Morgan fingerprint density at radius 2 is 1.94 bits per heavy atom. The third kappa shape index (κ3) is 4.15. The van der Waals surface area contributed by atoms with Gasteiger partial charge in [-0.1, -0.05) is 18.2 Å². The van der Waals surface area contributed by atoms with Crippen LogP contribution in [-0.4, -0.2) is 38.6 Å². The number of hydrazine groups is 1. The standard InChI is InChI=1S/C24H28N6O4/c31-21(25-12-6-14-29-24(34)28-13-4-3-11-20(28)26-29)16-7-5-8-17(15-16)30-23(33)19-10-2-1-9-18(19)22(32)27-30/h1-2,5,7-8,15,18-19H,3-4,6,9-14H2,(H,25,31)(H,27,32). The summed E-state index contributed by atoms with van der Waals surface area (Å²) in [4.78, 5) is 50.6. The maximum Gasteiger partial charge on any atom is 0.345 e. The van der Waals surface area contributed by atoms with Gasteiger partial charge in [0.25, 0.3) is 5.91 Å². The van der Waals surface area contributed by atoms with Crippen molar-refractivity contribution in [3.05, 3.63) is 58.3 Å². The summed E-state index contributed by atoms with van der Waals surface area (Å²) in [5.74, 6) is -0.513. The number of amides is 3. The molecule has 2 aliphatic heterocycles. The molecular weight excluding hydrogens is 436 g/mol. The molecule has 34 heavy (non-hydrogen) atoms. The zero-order valence-corrected chi connectivity index (χ0v) is 18.9. The van der Waals surface area contributed by atoms with Crippen LogP contribution in [0.1, 0.15) is 48.3 Å². The Kier molecular flexibility index (Phi) is 6.04. The number of carbonyl (C=O) groups is 3. The average Bonchev–Trinajstić information content (AvgIpc) is 3.19. The molecular formula is C24H28N6O4. The molecule has 0 bridgehead atoms. The minimum atomic E-state index is -0.381. The molecule has 3 aliphatic rings. The number of hydrogen-bond donors (Lipinski definition) is 2. The monoisotopic (exact) mass is 464 g/mol. The van der Waals surface area contributed by atoms with Crippen LogP contribution in [0.25, 0.3) is 0 Å². The molecule has 0 radical (unpaired) electrons. The van der Waals surface area contributed by atoms with E-state index in [-0.39, 0.29) is 35.2 Å². The summed E-state index contributed by atoms with van der Waals surface area (Å²) in [5.41, 5.74) is 3.44. The van der Waals surface area contributed by atoms with Gasteiger partial charge in [0.05, 0.1) is 17.5 Å². The minimum absolute atomic E-state index is 0.0855. The maximum atomic E-state index is 13.0. The van der Waals surface area contributed by atoms with Crippen molar-refractivity contribution in [2.24, 2.45) is 11.8 Å². The largest absolute Gasteiger partial charge is 0.352 e. The van der Waals surface area contributed by atoms with Crippen LogP contribution in [0, 0.1) is 11.8 Å². The van der Waals surface area contributed by atoms with Crippen molar-refractivity contribution < 1.29 is 14.4 Å². The van der Waals surface area contributed by atoms with Gasteiger partial charge in [0.15, 0.2) is 0 Å². The third-order valence-electron chi connectivity index (χ3n) is 6.76. The van der Waals surface area contributed by atoms with Gasteiger partial charge in [0.2, 0.25) is 11.8 Å². The highest BCUT2D eigenvalue weighted by atomic mass is 16.2. The van der Waals surface area contributed by atoms with Gasteiger partial charge < -0.3 is 5.32 Å². The molecule has 10 heteroatoms. The Balaban J connectivity index is 1.19. The summed E-state index contributed by atoms with van der Waals surface area (Å²) in [6.07, 6.45) is 8.42. The quantitative estimate of drug-likeness (QED) is 0.491. The van der Waals surface area contributed by atoms with Crippen LogP contribution in [-0.2, 0) is 29.1 Å².